The smallest absolute Gasteiger partial charge is 0.338 e. The topological polar surface area (TPSA) is 46.5 Å². The molecule has 1 fully saturated rings. The lowest BCUT2D eigenvalue weighted by Crippen LogP contribution is -2.36. The van der Waals surface area contributed by atoms with Gasteiger partial charge in [-0.3, -0.25) is 0 Å². The van der Waals surface area contributed by atoms with E-state index in [-0.39, 0.29) is 18.7 Å². The zero-order chi connectivity index (χ0) is 15.4. The van der Waals surface area contributed by atoms with E-state index in [4.69, 9.17) is 4.74 Å². The third kappa shape index (κ3) is 3.85. The van der Waals surface area contributed by atoms with Crippen LogP contribution in [0.4, 0.5) is 0 Å². The fourth-order valence-corrected chi connectivity index (χ4v) is 3.31. The Morgan fingerprint density at radius 1 is 1.33 bits per heavy atom. The Kier molecular flexibility index (Phi) is 5.40. The Morgan fingerprint density at radius 2 is 2.05 bits per heavy atom. The summed E-state index contributed by atoms with van der Waals surface area (Å²) in [5, 5.41) is 9.35. The largest absolute Gasteiger partial charge is 0.458 e. The maximum atomic E-state index is 12.4. The molecule has 0 bridgehead atoms. The summed E-state index contributed by atoms with van der Waals surface area (Å²) in [5.74, 6) is 1.25. The number of ether oxygens (including phenoxy) is 1. The van der Waals surface area contributed by atoms with Crippen LogP contribution in [0.15, 0.2) is 24.3 Å². The highest BCUT2D eigenvalue weighted by Crippen LogP contribution is 2.35. The average molecular weight is 290 g/mol. The van der Waals surface area contributed by atoms with E-state index < -0.39 is 0 Å². The Bertz CT molecular complexity index is 481. The van der Waals surface area contributed by atoms with Gasteiger partial charge < -0.3 is 9.84 Å². The minimum atomic E-state index is -0.301. The Labute approximate surface area is 127 Å². The molecule has 0 aromatic heterocycles. The number of carbonyl (C=O) groups is 1. The molecule has 3 atom stereocenters. The molecule has 1 aliphatic rings. The molecule has 0 aliphatic heterocycles. The first-order valence-corrected chi connectivity index (χ1v) is 7.92. The number of aliphatic hydroxyl groups is 1. The number of hydrogen-bond acceptors (Lipinski definition) is 3. The summed E-state index contributed by atoms with van der Waals surface area (Å²) in [5.41, 5.74) is 1.12. The van der Waals surface area contributed by atoms with Crippen molar-refractivity contribution in [2.45, 2.75) is 52.7 Å². The van der Waals surface area contributed by atoms with Crippen molar-refractivity contribution in [3.8, 4) is 0 Å². The molecular formula is C18H26O3. The molecular weight excluding hydrogens is 264 g/mol. The highest BCUT2D eigenvalue weighted by Gasteiger charge is 2.33. The maximum Gasteiger partial charge on any atom is 0.338 e. The van der Waals surface area contributed by atoms with Gasteiger partial charge in [-0.05, 0) is 42.2 Å². The molecule has 21 heavy (non-hydrogen) atoms. The molecule has 1 aromatic carbocycles. The average Bonchev–Trinajstić information content (AvgIpc) is 2.46. The zero-order valence-corrected chi connectivity index (χ0v) is 13.2. The first-order valence-electron chi connectivity index (χ1n) is 7.92. The molecule has 3 nitrogen and oxygen atoms in total. The molecule has 1 saturated carbocycles. The predicted molar refractivity (Wildman–Crippen MR) is 82.9 cm³/mol. The zero-order valence-electron chi connectivity index (χ0n) is 13.2. The molecule has 2 rings (SSSR count). The lowest BCUT2D eigenvalue weighted by molar-refractivity contribution is -0.0176. The van der Waals surface area contributed by atoms with Crippen LogP contribution in [0.3, 0.4) is 0 Å². The lowest BCUT2D eigenvalue weighted by Gasteiger charge is -2.36. The van der Waals surface area contributed by atoms with Gasteiger partial charge in [0.1, 0.15) is 6.10 Å². The van der Waals surface area contributed by atoms with E-state index >= 15 is 0 Å². The van der Waals surface area contributed by atoms with Gasteiger partial charge in [0.05, 0.1) is 12.2 Å². The van der Waals surface area contributed by atoms with Crippen molar-refractivity contribution in [2.24, 2.45) is 17.8 Å². The van der Waals surface area contributed by atoms with Gasteiger partial charge in [0.15, 0.2) is 0 Å². The van der Waals surface area contributed by atoms with Crippen LogP contribution in [0.5, 0.6) is 0 Å². The molecule has 1 N–H and O–H groups in total. The molecule has 0 radical (unpaired) electrons. The standard InChI is InChI=1S/C18H26O3/c1-12(2)15-9-8-13(3)10-17(15)21-18(20)16-7-5-4-6-14(16)11-19/h4-7,12-13,15,17,19H,8-11H2,1-3H3. The summed E-state index contributed by atoms with van der Waals surface area (Å²) in [4.78, 5) is 12.4. The van der Waals surface area contributed by atoms with Crippen LogP contribution >= 0.6 is 0 Å². The molecule has 0 amide bonds. The number of esters is 1. The van der Waals surface area contributed by atoms with Gasteiger partial charge in [-0.15, -0.1) is 0 Å². The van der Waals surface area contributed by atoms with Crippen LogP contribution in [0, 0.1) is 17.8 Å². The number of benzene rings is 1. The van der Waals surface area contributed by atoms with E-state index in [2.05, 4.69) is 20.8 Å². The van der Waals surface area contributed by atoms with Crippen molar-refractivity contribution >= 4 is 5.97 Å². The van der Waals surface area contributed by atoms with Gasteiger partial charge in [0.25, 0.3) is 0 Å². The number of carbonyl (C=O) groups excluding carboxylic acids is 1. The third-order valence-electron chi connectivity index (χ3n) is 4.63. The summed E-state index contributed by atoms with van der Waals surface area (Å²) in [6.07, 6.45) is 3.27. The first kappa shape index (κ1) is 16.0. The van der Waals surface area contributed by atoms with Gasteiger partial charge in [-0.1, -0.05) is 45.4 Å². The summed E-state index contributed by atoms with van der Waals surface area (Å²) < 4.78 is 5.81. The van der Waals surface area contributed by atoms with Crippen LogP contribution in [-0.2, 0) is 11.3 Å². The second kappa shape index (κ2) is 7.08. The van der Waals surface area contributed by atoms with E-state index in [1.165, 1.54) is 6.42 Å². The lowest BCUT2D eigenvalue weighted by atomic mass is 9.75. The molecule has 0 spiro atoms. The van der Waals surface area contributed by atoms with Crippen LogP contribution in [0.25, 0.3) is 0 Å². The van der Waals surface area contributed by atoms with Crippen molar-refractivity contribution in [1.82, 2.24) is 0 Å². The van der Waals surface area contributed by atoms with Crippen LogP contribution in [0.2, 0.25) is 0 Å². The monoisotopic (exact) mass is 290 g/mol. The quantitative estimate of drug-likeness (QED) is 0.858. The van der Waals surface area contributed by atoms with Crippen molar-refractivity contribution in [2.75, 3.05) is 0 Å². The Morgan fingerprint density at radius 3 is 2.71 bits per heavy atom. The van der Waals surface area contributed by atoms with Gasteiger partial charge in [0, 0.05) is 0 Å². The molecule has 116 valence electrons. The van der Waals surface area contributed by atoms with Crippen molar-refractivity contribution in [3.63, 3.8) is 0 Å². The third-order valence-corrected chi connectivity index (χ3v) is 4.63. The number of hydrogen-bond donors (Lipinski definition) is 1. The highest BCUT2D eigenvalue weighted by molar-refractivity contribution is 5.91. The molecule has 0 saturated heterocycles. The van der Waals surface area contributed by atoms with E-state index in [9.17, 15) is 9.90 Å². The minimum Gasteiger partial charge on any atom is -0.458 e. The predicted octanol–water partition coefficient (Wildman–Crippen LogP) is 3.80. The fourth-order valence-electron chi connectivity index (χ4n) is 3.31. The Balaban J connectivity index is 2.12. The van der Waals surface area contributed by atoms with E-state index in [0.717, 1.165) is 12.8 Å². The summed E-state index contributed by atoms with van der Waals surface area (Å²) in [7, 11) is 0. The van der Waals surface area contributed by atoms with Crippen molar-refractivity contribution < 1.29 is 14.6 Å². The van der Waals surface area contributed by atoms with Gasteiger partial charge in [-0.25, -0.2) is 4.79 Å². The molecule has 3 heteroatoms. The van der Waals surface area contributed by atoms with Crippen LogP contribution < -0.4 is 0 Å². The van der Waals surface area contributed by atoms with Gasteiger partial charge in [0.2, 0.25) is 0 Å². The normalized spacial score (nSPS) is 25.9. The highest BCUT2D eigenvalue weighted by atomic mass is 16.5. The minimum absolute atomic E-state index is 0.00648. The summed E-state index contributed by atoms with van der Waals surface area (Å²) >= 11 is 0. The van der Waals surface area contributed by atoms with Crippen LogP contribution in [-0.4, -0.2) is 17.2 Å². The number of rotatable bonds is 4. The SMILES string of the molecule is CC1CCC(C(C)C)C(OC(=O)c2ccccc2CO)C1. The second-order valence-corrected chi connectivity index (χ2v) is 6.59. The van der Waals surface area contributed by atoms with Gasteiger partial charge in [-0.2, -0.15) is 0 Å². The first-order chi connectivity index (χ1) is 10.0. The van der Waals surface area contributed by atoms with E-state index in [1.807, 2.05) is 6.07 Å². The van der Waals surface area contributed by atoms with E-state index in [1.54, 1.807) is 18.2 Å². The van der Waals surface area contributed by atoms with Crippen molar-refractivity contribution in [1.29, 1.82) is 0 Å². The Hall–Kier alpha value is -1.35. The molecule has 3 unspecified atom stereocenters. The maximum absolute atomic E-state index is 12.4. The van der Waals surface area contributed by atoms with Gasteiger partial charge >= 0.3 is 5.97 Å². The molecule has 0 heterocycles. The molecule has 1 aromatic rings. The summed E-state index contributed by atoms with van der Waals surface area (Å²) in [6, 6.07) is 7.12. The fraction of sp³-hybridized carbons (Fsp3) is 0.611. The van der Waals surface area contributed by atoms with Crippen LogP contribution in [0.1, 0.15) is 56.0 Å². The number of aliphatic hydroxyl groups excluding tert-OH is 1. The second-order valence-electron chi connectivity index (χ2n) is 6.59. The van der Waals surface area contributed by atoms with Crippen molar-refractivity contribution in [3.05, 3.63) is 35.4 Å². The van der Waals surface area contributed by atoms with E-state index in [0.29, 0.717) is 28.9 Å². The summed E-state index contributed by atoms with van der Waals surface area (Å²) in [6.45, 7) is 6.48. The molecule has 1 aliphatic carbocycles.